The predicted molar refractivity (Wildman–Crippen MR) is 91.6 cm³/mol. The number of nitrogens with zero attached hydrogens (tertiary/aromatic N) is 1. The van der Waals surface area contributed by atoms with Crippen LogP contribution >= 0.6 is 0 Å². The molecule has 0 radical (unpaired) electrons. The highest BCUT2D eigenvalue weighted by Gasteiger charge is 2.14. The number of aromatic nitrogens is 2. The first-order chi connectivity index (χ1) is 10.7. The van der Waals surface area contributed by atoms with Gasteiger partial charge in [-0.05, 0) is 37.9 Å². The number of hydrogen-bond acceptors (Lipinski definition) is 3. The fourth-order valence-electron chi connectivity index (χ4n) is 2.45. The van der Waals surface area contributed by atoms with Gasteiger partial charge in [0.25, 0.3) is 0 Å². The number of hydrogen-bond donors (Lipinski definition) is 3. The normalized spacial score (nSPS) is 19.6. The highest BCUT2D eigenvalue weighted by Crippen LogP contribution is 2.12. The van der Waals surface area contributed by atoms with Crippen molar-refractivity contribution in [2.45, 2.75) is 46.7 Å². The van der Waals surface area contributed by atoms with Gasteiger partial charge in [-0.15, -0.1) is 0 Å². The minimum atomic E-state index is 0.526. The highest BCUT2D eigenvalue weighted by molar-refractivity contribution is 5.79. The summed E-state index contributed by atoms with van der Waals surface area (Å²) in [5.41, 5.74) is 2.02. The maximum Gasteiger partial charge on any atom is 0.207 e. The van der Waals surface area contributed by atoms with Crippen LogP contribution in [0.4, 0.5) is 0 Å². The van der Waals surface area contributed by atoms with Crippen molar-refractivity contribution in [1.82, 2.24) is 20.6 Å². The maximum atomic E-state index is 10.1. The smallest absolute Gasteiger partial charge is 0.207 e. The lowest BCUT2D eigenvalue weighted by atomic mass is 10.1. The molecule has 2 aromatic heterocycles. The Morgan fingerprint density at radius 3 is 2.68 bits per heavy atom. The van der Waals surface area contributed by atoms with E-state index in [1.54, 1.807) is 12.4 Å². The van der Waals surface area contributed by atoms with Crippen molar-refractivity contribution in [3.63, 3.8) is 0 Å². The van der Waals surface area contributed by atoms with Gasteiger partial charge in [-0.25, -0.2) is 0 Å². The molecule has 2 aromatic rings. The molecular weight excluding hydrogens is 276 g/mol. The van der Waals surface area contributed by atoms with E-state index in [0.717, 1.165) is 28.6 Å². The molecule has 3 rings (SSSR count). The molecule has 0 saturated carbocycles. The molecule has 1 fully saturated rings. The molecule has 3 N–H and O–H groups in total. The molecule has 1 aliphatic rings. The number of carbonyl (C=O) groups excluding carboxylic acids is 1. The van der Waals surface area contributed by atoms with E-state index < -0.39 is 0 Å². The zero-order valence-electron chi connectivity index (χ0n) is 14.0. The van der Waals surface area contributed by atoms with E-state index in [9.17, 15) is 4.79 Å². The number of aromatic amines is 1. The number of fused-ring (bicyclic) bond motifs is 1. The number of H-pyrrole nitrogens is 1. The third-order valence-electron chi connectivity index (χ3n) is 3.42. The third kappa shape index (κ3) is 5.85. The molecular formula is C17H28N4O. The molecule has 1 amide bonds. The molecule has 22 heavy (non-hydrogen) atoms. The number of rotatable bonds is 3. The molecule has 3 heterocycles. The Morgan fingerprint density at radius 2 is 2.18 bits per heavy atom. The van der Waals surface area contributed by atoms with Crippen LogP contribution in [0.1, 0.15) is 39.8 Å². The summed E-state index contributed by atoms with van der Waals surface area (Å²) in [6.07, 6.45) is 5.57. The lowest BCUT2D eigenvalue weighted by Gasteiger charge is -1.96. The second kappa shape index (κ2) is 9.95. The van der Waals surface area contributed by atoms with E-state index in [1.807, 2.05) is 26.0 Å². The van der Waals surface area contributed by atoms with E-state index in [0.29, 0.717) is 13.0 Å². The van der Waals surface area contributed by atoms with Gasteiger partial charge in [-0.3, -0.25) is 9.78 Å². The standard InChI is InChI=1S/C9H9N3O.C6H13N.C2H6/c13-6-11-5-8-3-7-4-10-2-1-9(7)12-8;1-5-3-6(2)7-4-5;1-2/h1-4,6,12H,5H2,(H,11,13);5-7H,3-4H2,1-2H3;1-2H3. The average molecular weight is 304 g/mol. The topological polar surface area (TPSA) is 69.8 Å². The molecule has 0 bridgehead atoms. The lowest BCUT2D eigenvalue weighted by Crippen LogP contribution is -2.16. The van der Waals surface area contributed by atoms with Gasteiger partial charge in [0.05, 0.1) is 6.54 Å². The minimum absolute atomic E-state index is 0.526. The van der Waals surface area contributed by atoms with Gasteiger partial charge < -0.3 is 15.6 Å². The number of pyridine rings is 1. The first-order valence-electron chi connectivity index (χ1n) is 8.01. The van der Waals surface area contributed by atoms with Crippen LogP contribution in [0.15, 0.2) is 24.5 Å². The van der Waals surface area contributed by atoms with E-state index in [1.165, 1.54) is 13.0 Å². The number of amides is 1. The van der Waals surface area contributed by atoms with Gasteiger partial charge in [0.15, 0.2) is 0 Å². The molecule has 5 nitrogen and oxygen atoms in total. The maximum absolute atomic E-state index is 10.1. The first-order valence-corrected chi connectivity index (χ1v) is 8.01. The summed E-state index contributed by atoms with van der Waals surface area (Å²) in [5.74, 6) is 0.912. The summed E-state index contributed by atoms with van der Waals surface area (Å²) < 4.78 is 0. The lowest BCUT2D eigenvalue weighted by molar-refractivity contribution is -0.109. The zero-order chi connectivity index (χ0) is 16.4. The summed E-state index contributed by atoms with van der Waals surface area (Å²) >= 11 is 0. The molecule has 5 heteroatoms. The first kappa shape index (κ1) is 18.2. The summed E-state index contributed by atoms with van der Waals surface area (Å²) in [7, 11) is 0. The Labute approximate surface area is 132 Å². The predicted octanol–water partition coefficient (Wildman–Crippen LogP) is 2.84. The number of carbonyl (C=O) groups is 1. The van der Waals surface area contributed by atoms with E-state index in [2.05, 4.69) is 34.4 Å². The van der Waals surface area contributed by atoms with Crippen LogP contribution in [0.3, 0.4) is 0 Å². The van der Waals surface area contributed by atoms with Crippen LogP contribution in [-0.4, -0.2) is 29.0 Å². The van der Waals surface area contributed by atoms with Crippen molar-refractivity contribution in [1.29, 1.82) is 0 Å². The Hall–Kier alpha value is -1.88. The monoisotopic (exact) mass is 304 g/mol. The molecule has 0 aromatic carbocycles. The van der Waals surface area contributed by atoms with Crippen molar-refractivity contribution in [2.24, 2.45) is 5.92 Å². The zero-order valence-corrected chi connectivity index (χ0v) is 14.0. The molecule has 2 unspecified atom stereocenters. The summed E-state index contributed by atoms with van der Waals surface area (Å²) in [5, 5.41) is 7.02. The molecule has 122 valence electrons. The van der Waals surface area contributed by atoms with E-state index >= 15 is 0 Å². The van der Waals surface area contributed by atoms with Gasteiger partial charge in [-0.2, -0.15) is 0 Å². The second-order valence-corrected chi connectivity index (χ2v) is 5.41. The molecule has 1 saturated heterocycles. The van der Waals surface area contributed by atoms with Crippen molar-refractivity contribution in [3.8, 4) is 0 Å². The van der Waals surface area contributed by atoms with Gasteiger partial charge in [0.2, 0.25) is 6.41 Å². The quantitative estimate of drug-likeness (QED) is 0.764. The van der Waals surface area contributed by atoms with Crippen molar-refractivity contribution in [3.05, 3.63) is 30.2 Å². The van der Waals surface area contributed by atoms with Crippen LogP contribution in [0, 0.1) is 5.92 Å². The third-order valence-corrected chi connectivity index (χ3v) is 3.42. The highest BCUT2D eigenvalue weighted by atomic mass is 16.1. The van der Waals surface area contributed by atoms with Crippen LogP contribution in [0.5, 0.6) is 0 Å². The van der Waals surface area contributed by atoms with Crippen LogP contribution < -0.4 is 10.6 Å². The SMILES string of the molecule is CC.CC1CNC(C)C1.O=CNCc1cc2cnccc2[nH]1. The molecule has 2 atom stereocenters. The van der Waals surface area contributed by atoms with Gasteiger partial charge in [0.1, 0.15) is 0 Å². The van der Waals surface area contributed by atoms with Crippen LogP contribution in [0.25, 0.3) is 10.9 Å². The van der Waals surface area contributed by atoms with Crippen LogP contribution in [0.2, 0.25) is 0 Å². The Balaban J connectivity index is 0.000000228. The van der Waals surface area contributed by atoms with Crippen molar-refractivity contribution < 1.29 is 4.79 Å². The second-order valence-electron chi connectivity index (χ2n) is 5.41. The fourth-order valence-corrected chi connectivity index (χ4v) is 2.45. The Kier molecular flexibility index (Phi) is 8.22. The van der Waals surface area contributed by atoms with Gasteiger partial charge in [0, 0.05) is 35.0 Å². The van der Waals surface area contributed by atoms with Gasteiger partial charge in [-0.1, -0.05) is 20.8 Å². The summed E-state index contributed by atoms with van der Waals surface area (Å²) in [6.45, 7) is 10.3. The van der Waals surface area contributed by atoms with Crippen molar-refractivity contribution >= 4 is 17.3 Å². The minimum Gasteiger partial charge on any atom is -0.357 e. The largest absolute Gasteiger partial charge is 0.357 e. The molecule has 0 aliphatic carbocycles. The van der Waals surface area contributed by atoms with Crippen LogP contribution in [-0.2, 0) is 11.3 Å². The average Bonchev–Trinajstić information content (AvgIpc) is 3.13. The summed E-state index contributed by atoms with van der Waals surface area (Å²) in [4.78, 5) is 17.2. The Morgan fingerprint density at radius 1 is 1.41 bits per heavy atom. The summed E-state index contributed by atoms with van der Waals surface area (Å²) in [6, 6.07) is 4.65. The fraction of sp³-hybridized carbons (Fsp3) is 0.529. The Bertz CT molecular complexity index is 511. The van der Waals surface area contributed by atoms with E-state index in [4.69, 9.17) is 0 Å². The number of nitrogens with one attached hydrogen (secondary N) is 3. The molecule has 0 spiro atoms. The van der Waals surface area contributed by atoms with E-state index in [-0.39, 0.29) is 0 Å². The van der Waals surface area contributed by atoms with Crippen molar-refractivity contribution in [2.75, 3.05) is 6.54 Å². The van der Waals surface area contributed by atoms with Gasteiger partial charge >= 0.3 is 0 Å². The molecule has 1 aliphatic heterocycles.